The highest BCUT2D eigenvalue weighted by Crippen LogP contribution is 2.05. The van der Waals surface area contributed by atoms with Gasteiger partial charge in [-0.15, -0.1) is 11.6 Å². The van der Waals surface area contributed by atoms with Crippen molar-refractivity contribution in [3.63, 3.8) is 0 Å². The van der Waals surface area contributed by atoms with Crippen LogP contribution in [0.5, 0.6) is 0 Å². The zero-order valence-corrected chi connectivity index (χ0v) is 9.50. The first-order valence-corrected chi connectivity index (χ1v) is 5.03. The molecule has 5 heteroatoms. The van der Waals surface area contributed by atoms with Crippen molar-refractivity contribution >= 4 is 17.5 Å². The molecule has 1 heterocycles. The molecule has 1 aromatic rings. The Hall–Kier alpha value is -1.00. The largest absolute Gasteiger partial charge is 0.469 e. The molecule has 0 bridgehead atoms. The molecule has 15 heavy (non-hydrogen) atoms. The molecule has 1 unspecified atom stereocenters. The molecule has 0 saturated heterocycles. The summed E-state index contributed by atoms with van der Waals surface area (Å²) in [5.74, 6) is 0.521. The lowest BCUT2D eigenvalue weighted by atomic mass is 10.3. The van der Waals surface area contributed by atoms with Crippen molar-refractivity contribution in [2.24, 2.45) is 0 Å². The van der Waals surface area contributed by atoms with Crippen LogP contribution in [0.2, 0.25) is 0 Å². The number of hydrogen-bond donors (Lipinski definition) is 1. The first kappa shape index (κ1) is 12.1. The van der Waals surface area contributed by atoms with Crippen LogP contribution in [-0.4, -0.2) is 31.5 Å². The van der Waals surface area contributed by atoms with Gasteiger partial charge >= 0.3 is 0 Å². The molecular formula is C10H14ClNO3. The van der Waals surface area contributed by atoms with E-state index < -0.39 is 0 Å². The van der Waals surface area contributed by atoms with Gasteiger partial charge in [-0.3, -0.25) is 4.79 Å². The standard InChI is InChI=1S/C10H14ClNO3/c1-7-3-8(5-15-7)10(13)12-4-9(11)6-14-2/h3,5,9H,4,6H2,1-2H3,(H,12,13). The predicted octanol–water partition coefficient (Wildman–Crippen LogP) is 1.57. The zero-order valence-electron chi connectivity index (χ0n) is 8.75. The summed E-state index contributed by atoms with van der Waals surface area (Å²) < 4.78 is 9.87. The van der Waals surface area contributed by atoms with Gasteiger partial charge in [0.15, 0.2) is 0 Å². The van der Waals surface area contributed by atoms with Crippen molar-refractivity contribution in [2.75, 3.05) is 20.3 Å². The maximum absolute atomic E-state index is 11.5. The van der Waals surface area contributed by atoms with Gasteiger partial charge in [0.2, 0.25) is 0 Å². The molecule has 0 fully saturated rings. The number of halogens is 1. The number of ether oxygens (including phenoxy) is 1. The number of furan rings is 1. The Labute approximate surface area is 93.5 Å². The molecule has 0 saturated carbocycles. The number of methoxy groups -OCH3 is 1. The van der Waals surface area contributed by atoms with Gasteiger partial charge in [0, 0.05) is 13.7 Å². The highest BCUT2D eigenvalue weighted by molar-refractivity contribution is 6.21. The van der Waals surface area contributed by atoms with Crippen LogP contribution in [0, 0.1) is 6.92 Å². The molecule has 1 amide bonds. The van der Waals surface area contributed by atoms with Crippen molar-refractivity contribution in [3.8, 4) is 0 Å². The van der Waals surface area contributed by atoms with E-state index in [1.54, 1.807) is 20.1 Å². The molecule has 0 aliphatic carbocycles. The number of alkyl halides is 1. The Morgan fingerprint density at radius 2 is 2.47 bits per heavy atom. The average molecular weight is 232 g/mol. The minimum atomic E-state index is -0.216. The highest BCUT2D eigenvalue weighted by atomic mass is 35.5. The fourth-order valence-electron chi connectivity index (χ4n) is 1.11. The van der Waals surface area contributed by atoms with Gasteiger partial charge in [0.05, 0.1) is 17.5 Å². The van der Waals surface area contributed by atoms with E-state index in [0.717, 1.165) is 0 Å². The molecule has 0 radical (unpaired) electrons. The second-order valence-corrected chi connectivity index (χ2v) is 3.83. The van der Waals surface area contributed by atoms with E-state index in [1.807, 2.05) is 0 Å². The Morgan fingerprint density at radius 3 is 3.00 bits per heavy atom. The number of nitrogens with one attached hydrogen (secondary N) is 1. The van der Waals surface area contributed by atoms with Crippen LogP contribution in [0.1, 0.15) is 16.1 Å². The summed E-state index contributed by atoms with van der Waals surface area (Å²) >= 11 is 5.85. The van der Waals surface area contributed by atoms with E-state index >= 15 is 0 Å². The second kappa shape index (κ2) is 5.78. The van der Waals surface area contributed by atoms with Crippen molar-refractivity contribution < 1.29 is 13.9 Å². The van der Waals surface area contributed by atoms with Gasteiger partial charge in [0.1, 0.15) is 12.0 Å². The minimum absolute atomic E-state index is 0.186. The molecule has 0 aliphatic rings. The molecule has 0 spiro atoms. The first-order valence-electron chi connectivity index (χ1n) is 4.60. The van der Waals surface area contributed by atoms with Gasteiger partial charge in [-0.05, 0) is 13.0 Å². The monoisotopic (exact) mass is 231 g/mol. The number of carbonyl (C=O) groups excluding carboxylic acids is 1. The summed E-state index contributed by atoms with van der Waals surface area (Å²) in [6.45, 7) is 2.57. The van der Waals surface area contributed by atoms with Crippen LogP contribution in [-0.2, 0) is 4.74 Å². The van der Waals surface area contributed by atoms with E-state index in [9.17, 15) is 4.79 Å². The summed E-state index contributed by atoms with van der Waals surface area (Å²) in [6.07, 6.45) is 1.42. The fraction of sp³-hybridized carbons (Fsp3) is 0.500. The molecule has 1 rings (SSSR count). The third kappa shape index (κ3) is 3.93. The molecule has 0 aliphatic heterocycles. The van der Waals surface area contributed by atoms with E-state index in [2.05, 4.69) is 5.32 Å². The van der Waals surface area contributed by atoms with Crippen LogP contribution in [0.3, 0.4) is 0 Å². The summed E-state index contributed by atoms with van der Waals surface area (Å²) in [6, 6.07) is 1.68. The van der Waals surface area contributed by atoms with E-state index in [0.29, 0.717) is 24.5 Å². The molecular weight excluding hydrogens is 218 g/mol. The van der Waals surface area contributed by atoms with E-state index in [1.165, 1.54) is 6.26 Å². The lowest BCUT2D eigenvalue weighted by Crippen LogP contribution is -2.31. The topological polar surface area (TPSA) is 51.5 Å². The third-order valence-corrected chi connectivity index (χ3v) is 2.10. The fourth-order valence-corrected chi connectivity index (χ4v) is 1.31. The lowest BCUT2D eigenvalue weighted by molar-refractivity contribution is 0.0948. The Morgan fingerprint density at radius 1 is 1.73 bits per heavy atom. The van der Waals surface area contributed by atoms with E-state index in [4.69, 9.17) is 20.8 Å². The lowest BCUT2D eigenvalue weighted by Gasteiger charge is -2.08. The quantitative estimate of drug-likeness (QED) is 0.783. The van der Waals surface area contributed by atoms with Gasteiger partial charge in [0.25, 0.3) is 5.91 Å². The maximum Gasteiger partial charge on any atom is 0.254 e. The van der Waals surface area contributed by atoms with Crippen LogP contribution in [0.25, 0.3) is 0 Å². The molecule has 1 atom stereocenters. The molecule has 1 aromatic heterocycles. The number of rotatable bonds is 5. The van der Waals surface area contributed by atoms with Gasteiger partial charge in [-0.1, -0.05) is 0 Å². The average Bonchev–Trinajstić information content (AvgIpc) is 2.62. The number of aryl methyl sites for hydroxylation is 1. The predicted molar refractivity (Wildman–Crippen MR) is 57.3 cm³/mol. The molecule has 0 aromatic carbocycles. The van der Waals surface area contributed by atoms with Gasteiger partial charge in [-0.25, -0.2) is 0 Å². The summed E-state index contributed by atoms with van der Waals surface area (Å²) in [4.78, 5) is 11.5. The Balaban J connectivity index is 2.36. The third-order valence-electron chi connectivity index (χ3n) is 1.82. The van der Waals surface area contributed by atoms with Crippen LogP contribution < -0.4 is 5.32 Å². The molecule has 1 N–H and O–H groups in total. The van der Waals surface area contributed by atoms with E-state index in [-0.39, 0.29) is 11.3 Å². The SMILES string of the molecule is COCC(Cl)CNC(=O)c1coc(C)c1. The minimum Gasteiger partial charge on any atom is -0.469 e. The normalized spacial score (nSPS) is 12.5. The summed E-state index contributed by atoms with van der Waals surface area (Å²) in [5, 5.41) is 2.47. The maximum atomic E-state index is 11.5. The second-order valence-electron chi connectivity index (χ2n) is 3.21. The highest BCUT2D eigenvalue weighted by Gasteiger charge is 2.10. The zero-order chi connectivity index (χ0) is 11.3. The molecule has 84 valence electrons. The van der Waals surface area contributed by atoms with Crippen molar-refractivity contribution in [2.45, 2.75) is 12.3 Å². The van der Waals surface area contributed by atoms with Crippen molar-refractivity contribution in [3.05, 3.63) is 23.7 Å². The molecule has 4 nitrogen and oxygen atoms in total. The Kier molecular flexibility index (Phi) is 4.65. The number of amides is 1. The number of hydrogen-bond acceptors (Lipinski definition) is 3. The van der Waals surface area contributed by atoms with Crippen molar-refractivity contribution in [1.82, 2.24) is 5.32 Å². The van der Waals surface area contributed by atoms with Crippen LogP contribution in [0.4, 0.5) is 0 Å². The van der Waals surface area contributed by atoms with Crippen LogP contribution in [0.15, 0.2) is 16.7 Å². The first-order chi connectivity index (χ1) is 7.13. The Bertz CT molecular complexity index is 324. The smallest absolute Gasteiger partial charge is 0.254 e. The van der Waals surface area contributed by atoms with Gasteiger partial charge in [-0.2, -0.15) is 0 Å². The summed E-state index contributed by atoms with van der Waals surface area (Å²) in [7, 11) is 1.57. The number of carbonyl (C=O) groups is 1. The summed E-state index contributed by atoms with van der Waals surface area (Å²) in [5.41, 5.74) is 0.508. The van der Waals surface area contributed by atoms with Crippen molar-refractivity contribution in [1.29, 1.82) is 0 Å². The van der Waals surface area contributed by atoms with Gasteiger partial charge < -0.3 is 14.5 Å². The van der Waals surface area contributed by atoms with Crippen LogP contribution >= 0.6 is 11.6 Å².